The summed E-state index contributed by atoms with van der Waals surface area (Å²) in [4.78, 5) is 11.1. The monoisotopic (exact) mass is 324 g/mol. The summed E-state index contributed by atoms with van der Waals surface area (Å²) < 4.78 is 18.7. The van der Waals surface area contributed by atoms with Crippen LogP contribution in [0.4, 0.5) is 4.39 Å². The smallest absolute Gasteiger partial charge is 0.343 e. The van der Waals surface area contributed by atoms with Crippen molar-refractivity contribution in [3.8, 4) is 0 Å². The topological polar surface area (TPSA) is 46.5 Å². The Kier molecular flexibility index (Phi) is 5.36. The molecule has 1 aromatic carbocycles. The SMILES string of the molecule is CCOC(=O)C(F)C(O)c1cc(Br)ccc1Cl. The average molecular weight is 326 g/mol. The molecule has 0 saturated heterocycles. The van der Waals surface area contributed by atoms with Crippen molar-refractivity contribution in [3.05, 3.63) is 33.3 Å². The number of aliphatic hydroxyl groups excluding tert-OH is 1. The van der Waals surface area contributed by atoms with Crippen LogP contribution < -0.4 is 0 Å². The van der Waals surface area contributed by atoms with Gasteiger partial charge in [0.05, 0.1) is 6.61 Å². The van der Waals surface area contributed by atoms with E-state index in [4.69, 9.17) is 11.6 Å². The van der Waals surface area contributed by atoms with Crippen molar-refractivity contribution in [2.75, 3.05) is 6.61 Å². The molecule has 1 N–H and O–H groups in total. The maximum atomic E-state index is 13.6. The summed E-state index contributed by atoms with van der Waals surface area (Å²) in [6.45, 7) is 1.61. The lowest BCUT2D eigenvalue weighted by Crippen LogP contribution is -2.26. The molecule has 0 aliphatic rings. The van der Waals surface area contributed by atoms with Crippen LogP contribution >= 0.6 is 27.5 Å². The number of ether oxygens (including phenoxy) is 1. The van der Waals surface area contributed by atoms with Crippen molar-refractivity contribution in [3.63, 3.8) is 0 Å². The Morgan fingerprint density at radius 1 is 1.65 bits per heavy atom. The van der Waals surface area contributed by atoms with E-state index in [2.05, 4.69) is 20.7 Å². The van der Waals surface area contributed by atoms with Crippen molar-refractivity contribution in [1.82, 2.24) is 0 Å². The first-order valence-corrected chi connectivity index (χ1v) is 6.08. The molecule has 2 atom stereocenters. The summed E-state index contributed by atoms with van der Waals surface area (Å²) in [7, 11) is 0. The molecule has 0 spiro atoms. The lowest BCUT2D eigenvalue weighted by Gasteiger charge is -2.16. The van der Waals surface area contributed by atoms with E-state index in [1.54, 1.807) is 13.0 Å². The number of alkyl halides is 1. The molecule has 0 saturated carbocycles. The van der Waals surface area contributed by atoms with Gasteiger partial charge >= 0.3 is 5.97 Å². The molecule has 0 heterocycles. The first-order chi connectivity index (χ1) is 7.97. The van der Waals surface area contributed by atoms with Crippen LogP contribution in [0.5, 0.6) is 0 Å². The molecule has 17 heavy (non-hydrogen) atoms. The van der Waals surface area contributed by atoms with E-state index in [1.165, 1.54) is 12.1 Å². The third-order valence-corrected chi connectivity index (χ3v) is 2.90. The van der Waals surface area contributed by atoms with Gasteiger partial charge in [0.15, 0.2) is 0 Å². The van der Waals surface area contributed by atoms with Crippen molar-refractivity contribution in [1.29, 1.82) is 0 Å². The molecule has 3 nitrogen and oxygen atoms in total. The fourth-order valence-electron chi connectivity index (χ4n) is 1.25. The highest BCUT2D eigenvalue weighted by Crippen LogP contribution is 2.29. The van der Waals surface area contributed by atoms with Gasteiger partial charge in [-0.2, -0.15) is 0 Å². The maximum absolute atomic E-state index is 13.6. The maximum Gasteiger partial charge on any atom is 0.343 e. The number of hydrogen-bond donors (Lipinski definition) is 1. The van der Waals surface area contributed by atoms with Crippen molar-refractivity contribution in [2.45, 2.75) is 19.2 Å². The van der Waals surface area contributed by atoms with Gasteiger partial charge in [0.25, 0.3) is 0 Å². The van der Waals surface area contributed by atoms with Gasteiger partial charge in [-0.15, -0.1) is 0 Å². The van der Waals surface area contributed by atoms with Gasteiger partial charge in [-0.1, -0.05) is 27.5 Å². The second-order valence-electron chi connectivity index (χ2n) is 3.26. The molecule has 0 aliphatic heterocycles. The predicted molar refractivity (Wildman–Crippen MR) is 65.6 cm³/mol. The van der Waals surface area contributed by atoms with Gasteiger partial charge in [-0.05, 0) is 25.1 Å². The molecular formula is C11H11BrClFO3. The van der Waals surface area contributed by atoms with Gasteiger partial charge in [0.2, 0.25) is 6.17 Å². The summed E-state index contributed by atoms with van der Waals surface area (Å²) in [6.07, 6.45) is -3.79. The molecule has 94 valence electrons. The Morgan fingerprint density at radius 3 is 2.88 bits per heavy atom. The van der Waals surface area contributed by atoms with E-state index in [-0.39, 0.29) is 17.2 Å². The van der Waals surface area contributed by atoms with Crippen molar-refractivity contribution in [2.24, 2.45) is 0 Å². The largest absolute Gasteiger partial charge is 0.464 e. The van der Waals surface area contributed by atoms with Crippen LogP contribution in [-0.4, -0.2) is 23.9 Å². The van der Waals surface area contributed by atoms with E-state index in [0.29, 0.717) is 4.47 Å². The van der Waals surface area contributed by atoms with Crippen molar-refractivity contribution >= 4 is 33.5 Å². The summed E-state index contributed by atoms with van der Waals surface area (Å²) >= 11 is 8.99. The van der Waals surface area contributed by atoms with Gasteiger partial charge in [-0.3, -0.25) is 0 Å². The van der Waals surface area contributed by atoms with Crippen LogP contribution in [0.2, 0.25) is 5.02 Å². The van der Waals surface area contributed by atoms with E-state index in [1.807, 2.05) is 0 Å². The highest BCUT2D eigenvalue weighted by molar-refractivity contribution is 9.10. The molecule has 1 rings (SSSR count). The number of rotatable bonds is 4. The zero-order valence-electron chi connectivity index (χ0n) is 8.99. The lowest BCUT2D eigenvalue weighted by atomic mass is 10.1. The van der Waals surface area contributed by atoms with E-state index < -0.39 is 18.2 Å². The Labute approximate surface area is 112 Å². The zero-order valence-corrected chi connectivity index (χ0v) is 11.3. The molecule has 1 aromatic rings. The van der Waals surface area contributed by atoms with Crippen LogP contribution in [0.1, 0.15) is 18.6 Å². The molecular weight excluding hydrogens is 314 g/mol. The number of aliphatic hydroxyl groups is 1. The van der Waals surface area contributed by atoms with Crippen LogP contribution in [0, 0.1) is 0 Å². The average Bonchev–Trinajstić information content (AvgIpc) is 2.30. The fourth-order valence-corrected chi connectivity index (χ4v) is 1.86. The van der Waals surface area contributed by atoms with E-state index in [0.717, 1.165) is 0 Å². The number of carbonyl (C=O) groups excluding carboxylic acids is 1. The molecule has 0 radical (unpaired) electrons. The van der Waals surface area contributed by atoms with Gasteiger partial charge in [-0.25, -0.2) is 9.18 Å². The van der Waals surface area contributed by atoms with E-state index >= 15 is 0 Å². The van der Waals surface area contributed by atoms with Crippen LogP contribution in [-0.2, 0) is 9.53 Å². The Morgan fingerprint density at radius 2 is 2.29 bits per heavy atom. The van der Waals surface area contributed by atoms with E-state index in [9.17, 15) is 14.3 Å². The van der Waals surface area contributed by atoms with Crippen LogP contribution in [0.15, 0.2) is 22.7 Å². The molecule has 2 unspecified atom stereocenters. The van der Waals surface area contributed by atoms with Crippen LogP contribution in [0.3, 0.4) is 0 Å². The number of carbonyl (C=O) groups is 1. The van der Waals surface area contributed by atoms with Gasteiger partial charge < -0.3 is 9.84 Å². The molecule has 0 fully saturated rings. The molecule has 0 bridgehead atoms. The number of hydrogen-bond acceptors (Lipinski definition) is 3. The molecule has 0 aliphatic carbocycles. The quantitative estimate of drug-likeness (QED) is 0.866. The second-order valence-corrected chi connectivity index (χ2v) is 4.59. The summed E-state index contributed by atoms with van der Waals surface area (Å²) in [5.41, 5.74) is 0.140. The van der Waals surface area contributed by atoms with Gasteiger partial charge in [0.1, 0.15) is 6.10 Å². The first kappa shape index (κ1) is 14.4. The third-order valence-electron chi connectivity index (χ3n) is 2.07. The highest BCUT2D eigenvalue weighted by Gasteiger charge is 2.30. The highest BCUT2D eigenvalue weighted by atomic mass is 79.9. The molecule has 0 amide bonds. The minimum absolute atomic E-state index is 0.0538. The predicted octanol–water partition coefficient (Wildman–Crippen LogP) is 3.04. The second kappa shape index (κ2) is 6.33. The molecule has 6 heteroatoms. The first-order valence-electron chi connectivity index (χ1n) is 4.91. The normalized spacial score (nSPS) is 14.2. The fraction of sp³-hybridized carbons (Fsp3) is 0.364. The Balaban J connectivity index is 2.91. The number of halogens is 3. The van der Waals surface area contributed by atoms with Crippen molar-refractivity contribution < 1.29 is 19.0 Å². The summed E-state index contributed by atoms with van der Waals surface area (Å²) in [5.74, 6) is -1.10. The third kappa shape index (κ3) is 3.66. The number of esters is 1. The Hall–Kier alpha value is -0.650. The molecule has 0 aromatic heterocycles. The Bertz CT molecular complexity index is 414. The summed E-state index contributed by atoms with van der Waals surface area (Å²) in [5, 5.41) is 9.90. The standard InChI is InChI=1S/C11H11BrClFO3/c1-2-17-11(16)9(14)10(15)7-5-6(12)3-4-8(7)13/h3-5,9-10,15H,2H2,1H3. The zero-order chi connectivity index (χ0) is 13.0. The van der Waals surface area contributed by atoms with Crippen LogP contribution in [0.25, 0.3) is 0 Å². The minimum atomic E-state index is -2.15. The lowest BCUT2D eigenvalue weighted by molar-refractivity contribution is -0.153. The number of benzene rings is 1. The minimum Gasteiger partial charge on any atom is -0.464 e. The summed E-state index contributed by atoms with van der Waals surface area (Å²) in [6, 6.07) is 4.61. The van der Waals surface area contributed by atoms with Gasteiger partial charge in [0, 0.05) is 15.1 Å².